The number of hydrogen-bond donors (Lipinski definition) is 0. The molecule has 0 radical (unpaired) electrons. The van der Waals surface area contributed by atoms with Gasteiger partial charge in [0.1, 0.15) is 5.78 Å². The predicted octanol–water partition coefficient (Wildman–Crippen LogP) is 3.62. The fourth-order valence-corrected chi connectivity index (χ4v) is 2.70. The van der Waals surface area contributed by atoms with Gasteiger partial charge in [-0.15, -0.1) is 0 Å². The molecule has 2 rings (SSSR count). The lowest BCUT2D eigenvalue weighted by molar-refractivity contribution is -0.126. The number of carbonyl (C=O) groups is 1. The Balaban J connectivity index is 1.91. The third-order valence-electron chi connectivity index (χ3n) is 3.73. The van der Waals surface area contributed by atoms with Crippen molar-refractivity contribution in [3.8, 4) is 0 Å². The molecule has 0 amide bonds. The molecule has 1 aliphatic rings. The summed E-state index contributed by atoms with van der Waals surface area (Å²) in [5.41, 5.74) is 1.37. The molecule has 1 fully saturated rings. The minimum Gasteiger partial charge on any atom is -0.299 e. The summed E-state index contributed by atoms with van der Waals surface area (Å²) in [6.07, 6.45) is 5.22. The molecule has 1 aliphatic carbocycles. The highest BCUT2D eigenvalue weighted by atomic mass is 16.1. The molecule has 0 aliphatic heterocycles. The Morgan fingerprint density at radius 3 is 2.56 bits per heavy atom. The Labute approximate surface area is 97.9 Å². The summed E-state index contributed by atoms with van der Waals surface area (Å²) in [6.45, 7) is 2.13. The van der Waals surface area contributed by atoms with Crippen LogP contribution >= 0.6 is 0 Å². The molecule has 2 atom stereocenters. The van der Waals surface area contributed by atoms with E-state index in [1.54, 1.807) is 0 Å². The van der Waals surface area contributed by atoms with Crippen LogP contribution in [0.3, 0.4) is 0 Å². The minimum atomic E-state index is 0.354. The van der Waals surface area contributed by atoms with Crippen LogP contribution in [0.4, 0.5) is 0 Å². The van der Waals surface area contributed by atoms with Crippen molar-refractivity contribution in [2.45, 2.75) is 39.0 Å². The second-order valence-corrected chi connectivity index (χ2v) is 4.91. The van der Waals surface area contributed by atoms with E-state index in [0.29, 0.717) is 17.6 Å². The van der Waals surface area contributed by atoms with E-state index >= 15 is 0 Å². The fraction of sp³-hybridized carbons (Fsp3) is 0.533. The Bertz CT molecular complexity index is 342. The van der Waals surface area contributed by atoms with E-state index in [1.807, 2.05) is 6.07 Å². The van der Waals surface area contributed by atoms with Crippen molar-refractivity contribution in [1.82, 2.24) is 0 Å². The molecule has 1 nitrogen and oxygen atoms in total. The van der Waals surface area contributed by atoms with Crippen molar-refractivity contribution in [1.29, 1.82) is 0 Å². The van der Waals surface area contributed by atoms with E-state index in [4.69, 9.17) is 0 Å². The molecule has 16 heavy (non-hydrogen) atoms. The van der Waals surface area contributed by atoms with Gasteiger partial charge in [0.2, 0.25) is 0 Å². The van der Waals surface area contributed by atoms with Crippen LogP contribution in [0, 0.1) is 11.8 Å². The molecular weight excluding hydrogens is 196 g/mol. The topological polar surface area (TPSA) is 17.1 Å². The highest BCUT2D eigenvalue weighted by molar-refractivity contribution is 5.81. The van der Waals surface area contributed by atoms with E-state index in [9.17, 15) is 4.79 Å². The normalized spacial score (nSPS) is 25.7. The fourth-order valence-electron chi connectivity index (χ4n) is 2.70. The number of rotatable bonds is 3. The zero-order valence-electron chi connectivity index (χ0n) is 9.99. The summed E-state index contributed by atoms with van der Waals surface area (Å²) in [5, 5.41) is 0. The molecule has 0 saturated heterocycles. The average Bonchev–Trinajstić information content (AvgIpc) is 2.31. The van der Waals surface area contributed by atoms with Gasteiger partial charge in [-0.1, -0.05) is 37.3 Å². The first-order valence-corrected chi connectivity index (χ1v) is 6.36. The van der Waals surface area contributed by atoms with Gasteiger partial charge in [0.15, 0.2) is 0 Å². The first-order chi connectivity index (χ1) is 7.79. The summed E-state index contributed by atoms with van der Waals surface area (Å²) < 4.78 is 0. The minimum absolute atomic E-state index is 0.354. The van der Waals surface area contributed by atoms with Gasteiger partial charge in [-0.2, -0.15) is 0 Å². The summed E-state index contributed by atoms with van der Waals surface area (Å²) in [7, 11) is 0. The molecule has 1 aromatic rings. The second-order valence-electron chi connectivity index (χ2n) is 4.91. The lowest BCUT2D eigenvalue weighted by Gasteiger charge is -2.26. The third-order valence-corrected chi connectivity index (χ3v) is 3.73. The van der Waals surface area contributed by atoms with Crippen LogP contribution in [-0.2, 0) is 11.2 Å². The van der Waals surface area contributed by atoms with Crippen LogP contribution in [0.2, 0.25) is 0 Å². The Morgan fingerprint density at radius 1 is 1.19 bits per heavy atom. The van der Waals surface area contributed by atoms with Crippen molar-refractivity contribution in [3.05, 3.63) is 35.9 Å². The van der Waals surface area contributed by atoms with Crippen LogP contribution in [-0.4, -0.2) is 5.78 Å². The van der Waals surface area contributed by atoms with E-state index < -0.39 is 0 Å². The summed E-state index contributed by atoms with van der Waals surface area (Å²) >= 11 is 0. The van der Waals surface area contributed by atoms with Crippen LogP contribution in [0.15, 0.2) is 30.3 Å². The Hall–Kier alpha value is -1.11. The lowest BCUT2D eigenvalue weighted by Crippen LogP contribution is -2.25. The van der Waals surface area contributed by atoms with Gasteiger partial charge in [-0.3, -0.25) is 4.79 Å². The number of hydrogen-bond acceptors (Lipinski definition) is 1. The first-order valence-electron chi connectivity index (χ1n) is 6.36. The van der Waals surface area contributed by atoms with E-state index in [0.717, 1.165) is 25.7 Å². The molecule has 0 aromatic heterocycles. The van der Waals surface area contributed by atoms with Crippen molar-refractivity contribution < 1.29 is 4.79 Å². The maximum absolute atomic E-state index is 11.8. The van der Waals surface area contributed by atoms with Gasteiger partial charge >= 0.3 is 0 Å². The van der Waals surface area contributed by atoms with Gasteiger partial charge in [0.05, 0.1) is 0 Å². The van der Waals surface area contributed by atoms with Gasteiger partial charge in [0.25, 0.3) is 0 Å². The van der Waals surface area contributed by atoms with Crippen molar-refractivity contribution >= 4 is 5.78 Å². The maximum atomic E-state index is 11.8. The second kappa shape index (κ2) is 5.29. The number of carbonyl (C=O) groups excluding carboxylic acids is 1. The SMILES string of the molecule is CCC1CCC(Cc2ccccc2)CC1=O. The largest absolute Gasteiger partial charge is 0.299 e. The predicted molar refractivity (Wildman–Crippen MR) is 66.3 cm³/mol. The Kier molecular flexibility index (Phi) is 3.76. The standard InChI is InChI=1S/C15H20O/c1-2-14-9-8-13(11-15(14)16)10-12-6-4-3-5-7-12/h3-7,13-14H,2,8-11H2,1H3. The summed E-state index contributed by atoms with van der Waals surface area (Å²) in [5.74, 6) is 1.43. The van der Waals surface area contributed by atoms with E-state index in [2.05, 4.69) is 31.2 Å². The third kappa shape index (κ3) is 2.72. The molecule has 0 spiro atoms. The van der Waals surface area contributed by atoms with E-state index in [-0.39, 0.29) is 0 Å². The number of ketones is 1. The molecule has 0 N–H and O–H groups in total. The highest BCUT2D eigenvalue weighted by Gasteiger charge is 2.26. The van der Waals surface area contributed by atoms with Crippen LogP contribution in [0.5, 0.6) is 0 Å². The smallest absolute Gasteiger partial charge is 0.136 e. The van der Waals surface area contributed by atoms with Crippen LogP contribution in [0.1, 0.15) is 38.2 Å². The molecule has 0 bridgehead atoms. The zero-order chi connectivity index (χ0) is 11.4. The zero-order valence-corrected chi connectivity index (χ0v) is 9.99. The van der Waals surface area contributed by atoms with Crippen molar-refractivity contribution in [2.75, 3.05) is 0 Å². The van der Waals surface area contributed by atoms with Crippen LogP contribution in [0.25, 0.3) is 0 Å². The first kappa shape index (κ1) is 11.4. The molecule has 0 heterocycles. The monoisotopic (exact) mass is 216 g/mol. The molecule has 2 unspecified atom stereocenters. The number of Topliss-reactive ketones (excluding diaryl/α,β-unsaturated/α-hetero) is 1. The molecule has 1 aromatic carbocycles. The molecular formula is C15H20O. The molecule has 86 valence electrons. The summed E-state index contributed by atoms with van der Waals surface area (Å²) in [4.78, 5) is 11.8. The highest BCUT2D eigenvalue weighted by Crippen LogP contribution is 2.30. The molecule has 1 saturated carbocycles. The lowest BCUT2D eigenvalue weighted by atomic mass is 9.77. The number of benzene rings is 1. The molecule has 1 heteroatoms. The van der Waals surface area contributed by atoms with Gasteiger partial charge in [0, 0.05) is 12.3 Å². The van der Waals surface area contributed by atoms with Crippen LogP contribution < -0.4 is 0 Å². The van der Waals surface area contributed by atoms with E-state index in [1.165, 1.54) is 12.0 Å². The van der Waals surface area contributed by atoms with Crippen molar-refractivity contribution in [2.24, 2.45) is 11.8 Å². The van der Waals surface area contributed by atoms with Gasteiger partial charge in [-0.25, -0.2) is 0 Å². The van der Waals surface area contributed by atoms with Gasteiger partial charge < -0.3 is 0 Å². The van der Waals surface area contributed by atoms with Gasteiger partial charge in [-0.05, 0) is 37.2 Å². The van der Waals surface area contributed by atoms with Crippen molar-refractivity contribution in [3.63, 3.8) is 0 Å². The maximum Gasteiger partial charge on any atom is 0.136 e. The average molecular weight is 216 g/mol. The summed E-state index contributed by atoms with van der Waals surface area (Å²) in [6, 6.07) is 10.5. The quantitative estimate of drug-likeness (QED) is 0.754. The Morgan fingerprint density at radius 2 is 1.94 bits per heavy atom.